The van der Waals surface area contributed by atoms with Crippen LogP contribution in [-0.2, 0) is 9.59 Å². The molecule has 1 unspecified atom stereocenters. The Balaban J connectivity index is 1.73. The molecule has 142 valence electrons. The lowest BCUT2D eigenvalue weighted by atomic mass is 10.0. The molecule has 2 aliphatic heterocycles. The zero-order chi connectivity index (χ0) is 18.7. The zero-order valence-electron chi connectivity index (χ0n) is 14.1. The third-order valence-electron chi connectivity index (χ3n) is 4.54. The molecule has 0 radical (unpaired) electrons. The summed E-state index contributed by atoms with van der Waals surface area (Å²) in [7, 11) is 0. The van der Waals surface area contributed by atoms with E-state index in [-0.39, 0.29) is 24.1 Å². The van der Waals surface area contributed by atoms with E-state index < -0.39 is 12.4 Å². The van der Waals surface area contributed by atoms with Crippen LogP contribution in [0.2, 0.25) is 0 Å². The zero-order valence-corrected chi connectivity index (χ0v) is 14.1. The van der Waals surface area contributed by atoms with Crippen LogP contribution in [0.1, 0.15) is 24.4 Å². The molecule has 2 aliphatic rings. The van der Waals surface area contributed by atoms with Gasteiger partial charge in [0.1, 0.15) is 11.8 Å². The van der Waals surface area contributed by atoms with Gasteiger partial charge in [-0.1, -0.05) is 12.1 Å². The highest BCUT2D eigenvalue weighted by atomic mass is 19.4. The number of carbonyl (C=O) groups is 2. The Kier molecular flexibility index (Phi) is 5.36. The molecule has 1 aromatic carbocycles. The van der Waals surface area contributed by atoms with Crippen molar-refractivity contribution in [3.8, 4) is 5.75 Å². The van der Waals surface area contributed by atoms with Crippen molar-refractivity contribution >= 4 is 11.8 Å². The van der Waals surface area contributed by atoms with Crippen LogP contribution in [0.3, 0.4) is 0 Å². The van der Waals surface area contributed by atoms with Crippen molar-refractivity contribution in [2.45, 2.75) is 25.2 Å². The molecule has 0 aliphatic carbocycles. The van der Waals surface area contributed by atoms with Gasteiger partial charge >= 0.3 is 6.36 Å². The van der Waals surface area contributed by atoms with Gasteiger partial charge < -0.3 is 15.0 Å². The van der Waals surface area contributed by atoms with Gasteiger partial charge in [-0.2, -0.15) is 0 Å². The van der Waals surface area contributed by atoms with Crippen LogP contribution < -0.4 is 10.1 Å². The second kappa shape index (κ2) is 7.53. The molecule has 2 amide bonds. The second-order valence-electron chi connectivity index (χ2n) is 6.37. The Bertz CT molecular complexity index is 657. The first-order valence-corrected chi connectivity index (χ1v) is 8.49. The number of amides is 2. The van der Waals surface area contributed by atoms with E-state index in [0.29, 0.717) is 18.7 Å². The van der Waals surface area contributed by atoms with E-state index in [0.717, 1.165) is 25.9 Å². The number of rotatable bonds is 4. The maximum Gasteiger partial charge on any atom is 0.573 e. The molecule has 1 atom stereocenters. The number of piperazine rings is 1. The molecule has 2 heterocycles. The van der Waals surface area contributed by atoms with Crippen molar-refractivity contribution in [3.63, 3.8) is 0 Å². The van der Waals surface area contributed by atoms with Crippen LogP contribution in [0.15, 0.2) is 24.3 Å². The monoisotopic (exact) mass is 371 g/mol. The van der Waals surface area contributed by atoms with Crippen LogP contribution in [0, 0.1) is 0 Å². The third kappa shape index (κ3) is 4.46. The molecule has 1 aromatic rings. The van der Waals surface area contributed by atoms with E-state index in [4.69, 9.17) is 0 Å². The molecule has 0 spiro atoms. The summed E-state index contributed by atoms with van der Waals surface area (Å²) in [6.45, 7) is 2.49. The quantitative estimate of drug-likeness (QED) is 0.875. The molecule has 1 N–H and O–H groups in total. The van der Waals surface area contributed by atoms with Gasteiger partial charge in [-0.3, -0.25) is 14.5 Å². The van der Waals surface area contributed by atoms with Crippen molar-refractivity contribution in [3.05, 3.63) is 29.8 Å². The number of ether oxygens (including phenoxy) is 1. The van der Waals surface area contributed by atoms with Crippen molar-refractivity contribution in [1.82, 2.24) is 15.1 Å². The fraction of sp³-hybridized carbons (Fsp3) is 0.529. The van der Waals surface area contributed by atoms with E-state index in [1.54, 1.807) is 9.80 Å². The lowest BCUT2D eigenvalue weighted by Gasteiger charge is -2.35. The Morgan fingerprint density at radius 2 is 1.81 bits per heavy atom. The molecule has 0 aromatic heterocycles. The second-order valence-corrected chi connectivity index (χ2v) is 6.37. The smallest absolute Gasteiger partial charge is 0.406 e. The molecule has 26 heavy (non-hydrogen) atoms. The predicted molar refractivity (Wildman–Crippen MR) is 86.3 cm³/mol. The van der Waals surface area contributed by atoms with Crippen molar-refractivity contribution in [2.75, 3.05) is 32.7 Å². The van der Waals surface area contributed by atoms with Gasteiger partial charge in [-0.05, 0) is 30.5 Å². The first kappa shape index (κ1) is 18.5. The average molecular weight is 371 g/mol. The van der Waals surface area contributed by atoms with Gasteiger partial charge in [0.2, 0.25) is 11.8 Å². The number of alkyl halides is 3. The maximum absolute atomic E-state index is 12.4. The SMILES string of the molecule is O=C1NCCN(CC(=O)N2CCCC2)C1c1ccc(OC(F)(F)F)cc1. The summed E-state index contributed by atoms with van der Waals surface area (Å²) < 4.78 is 40.7. The van der Waals surface area contributed by atoms with Gasteiger partial charge in [0, 0.05) is 26.2 Å². The average Bonchev–Trinajstić information content (AvgIpc) is 3.09. The van der Waals surface area contributed by atoms with Crippen LogP contribution in [0.5, 0.6) is 5.75 Å². The first-order valence-electron chi connectivity index (χ1n) is 8.49. The molecule has 0 saturated carbocycles. The number of halogens is 3. The van der Waals surface area contributed by atoms with Crippen LogP contribution in [0.25, 0.3) is 0 Å². The van der Waals surface area contributed by atoms with E-state index in [1.807, 2.05) is 0 Å². The van der Waals surface area contributed by atoms with E-state index in [2.05, 4.69) is 10.1 Å². The highest BCUT2D eigenvalue weighted by Crippen LogP contribution is 2.28. The van der Waals surface area contributed by atoms with Crippen LogP contribution in [-0.4, -0.2) is 60.7 Å². The molecule has 2 saturated heterocycles. The Morgan fingerprint density at radius 3 is 2.42 bits per heavy atom. The lowest BCUT2D eigenvalue weighted by Crippen LogP contribution is -2.52. The maximum atomic E-state index is 12.4. The van der Waals surface area contributed by atoms with E-state index in [9.17, 15) is 22.8 Å². The Hall–Kier alpha value is -2.29. The van der Waals surface area contributed by atoms with Gasteiger partial charge in [0.05, 0.1) is 6.54 Å². The molecule has 0 bridgehead atoms. The summed E-state index contributed by atoms with van der Waals surface area (Å²) in [6, 6.07) is 4.47. The molecular weight excluding hydrogens is 351 g/mol. The fourth-order valence-corrected chi connectivity index (χ4v) is 3.34. The third-order valence-corrected chi connectivity index (χ3v) is 4.54. The highest BCUT2D eigenvalue weighted by Gasteiger charge is 2.34. The summed E-state index contributed by atoms with van der Waals surface area (Å²) in [5.41, 5.74) is 0.519. The standard InChI is InChI=1S/C17H20F3N3O3/c18-17(19,20)26-13-5-3-12(4-6-13)15-16(25)21-7-10-23(15)11-14(24)22-8-1-2-9-22/h3-6,15H,1-2,7-11H2,(H,21,25). The van der Waals surface area contributed by atoms with Crippen molar-refractivity contribution < 1.29 is 27.5 Å². The molecule has 3 rings (SSSR count). The Morgan fingerprint density at radius 1 is 1.15 bits per heavy atom. The van der Waals surface area contributed by atoms with Gasteiger partial charge in [-0.25, -0.2) is 0 Å². The molecule has 9 heteroatoms. The summed E-state index contributed by atoms with van der Waals surface area (Å²) in [6.07, 6.45) is -2.80. The number of carbonyl (C=O) groups excluding carboxylic acids is 2. The summed E-state index contributed by atoms with van der Waals surface area (Å²) in [5.74, 6) is -0.647. The normalized spacial score (nSPS) is 21.6. The number of nitrogens with zero attached hydrogens (tertiary/aromatic N) is 2. The summed E-state index contributed by atoms with van der Waals surface area (Å²) >= 11 is 0. The minimum Gasteiger partial charge on any atom is -0.406 e. The van der Waals surface area contributed by atoms with Gasteiger partial charge in [-0.15, -0.1) is 13.2 Å². The fourth-order valence-electron chi connectivity index (χ4n) is 3.34. The van der Waals surface area contributed by atoms with Gasteiger partial charge in [0.15, 0.2) is 0 Å². The number of hydrogen-bond donors (Lipinski definition) is 1. The van der Waals surface area contributed by atoms with E-state index >= 15 is 0 Å². The Labute approximate surface area is 148 Å². The minimum absolute atomic E-state index is 0.0285. The predicted octanol–water partition coefficient (Wildman–Crippen LogP) is 1.68. The summed E-state index contributed by atoms with van der Waals surface area (Å²) in [5, 5.41) is 2.74. The molecular formula is C17H20F3N3O3. The first-order chi connectivity index (χ1) is 12.3. The number of nitrogens with one attached hydrogen (secondary N) is 1. The van der Waals surface area contributed by atoms with Crippen LogP contribution >= 0.6 is 0 Å². The lowest BCUT2D eigenvalue weighted by molar-refractivity contribution is -0.274. The topological polar surface area (TPSA) is 61.9 Å². The van der Waals surface area contributed by atoms with Crippen molar-refractivity contribution in [2.24, 2.45) is 0 Å². The van der Waals surface area contributed by atoms with Crippen molar-refractivity contribution in [1.29, 1.82) is 0 Å². The van der Waals surface area contributed by atoms with Crippen LogP contribution in [0.4, 0.5) is 13.2 Å². The molecule has 2 fully saturated rings. The molecule has 6 nitrogen and oxygen atoms in total. The minimum atomic E-state index is -4.77. The number of likely N-dealkylation sites (tertiary alicyclic amines) is 1. The highest BCUT2D eigenvalue weighted by molar-refractivity contribution is 5.85. The number of benzene rings is 1. The largest absolute Gasteiger partial charge is 0.573 e. The van der Waals surface area contributed by atoms with Gasteiger partial charge in [0.25, 0.3) is 0 Å². The summed E-state index contributed by atoms with van der Waals surface area (Å²) in [4.78, 5) is 28.3. The number of hydrogen-bond acceptors (Lipinski definition) is 4. The van der Waals surface area contributed by atoms with E-state index in [1.165, 1.54) is 24.3 Å².